The van der Waals surface area contributed by atoms with Gasteiger partial charge in [0.25, 0.3) is 0 Å². The summed E-state index contributed by atoms with van der Waals surface area (Å²) in [5.41, 5.74) is 1.56. The minimum Gasteiger partial charge on any atom is -0.497 e. The van der Waals surface area contributed by atoms with Gasteiger partial charge in [-0.2, -0.15) is 0 Å². The van der Waals surface area contributed by atoms with E-state index in [9.17, 15) is 9.59 Å². The Labute approximate surface area is 145 Å². The number of nitrogens with one attached hydrogen (secondary N) is 1. The number of carbonyl (C=O) groups is 2. The first-order valence-electron chi connectivity index (χ1n) is 8.21. The van der Waals surface area contributed by atoms with E-state index in [0.29, 0.717) is 25.3 Å². The number of benzene rings is 1. The Bertz CT molecular complexity index is 771. The van der Waals surface area contributed by atoms with Gasteiger partial charge < -0.3 is 19.5 Å². The van der Waals surface area contributed by atoms with E-state index in [2.05, 4.69) is 10.5 Å². The van der Waals surface area contributed by atoms with Gasteiger partial charge in [0.1, 0.15) is 11.5 Å². The molecule has 132 valence electrons. The number of aryl methyl sites for hydroxylation is 1. The maximum Gasteiger partial charge on any atom is 0.227 e. The Balaban J connectivity index is 1.55. The second-order valence-corrected chi connectivity index (χ2v) is 6.08. The number of carbonyl (C=O) groups excluding carboxylic acids is 2. The molecule has 0 aliphatic carbocycles. The molecule has 0 saturated carbocycles. The topological polar surface area (TPSA) is 84.7 Å². The molecule has 2 aromatic rings. The van der Waals surface area contributed by atoms with E-state index >= 15 is 0 Å². The quantitative estimate of drug-likeness (QED) is 0.863. The summed E-state index contributed by atoms with van der Waals surface area (Å²) >= 11 is 0. The first-order valence-corrected chi connectivity index (χ1v) is 8.21. The number of aromatic nitrogens is 1. The lowest BCUT2D eigenvalue weighted by Crippen LogP contribution is -2.34. The van der Waals surface area contributed by atoms with Gasteiger partial charge in [0, 0.05) is 43.8 Å². The molecule has 1 aliphatic heterocycles. The molecule has 1 aromatic heterocycles. The predicted octanol–water partition coefficient (Wildman–Crippen LogP) is 1.70. The third-order valence-corrected chi connectivity index (χ3v) is 4.21. The molecule has 0 bridgehead atoms. The highest BCUT2D eigenvalue weighted by atomic mass is 16.5. The van der Waals surface area contributed by atoms with Crippen LogP contribution in [0.1, 0.15) is 17.9 Å². The molecule has 1 fully saturated rings. The number of nitrogens with zero attached hydrogens (tertiary/aromatic N) is 2. The summed E-state index contributed by atoms with van der Waals surface area (Å²) in [4.78, 5) is 26.2. The molecule has 7 nitrogen and oxygen atoms in total. The molecular weight excluding hydrogens is 322 g/mol. The van der Waals surface area contributed by atoms with Gasteiger partial charge in [-0.3, -0.25) is 9.59 Å². The average Bonchev–Trinajstić information content (AvgIpc) is 3.20. The summed E-state index contributed by atoms with van der Waals surface area (Å²) in [5, 5.41) is 6.68. The summed E-state index contributed by atoms with van der Waals surface area (Å²) in [6.45, 7) is 2.68. The van der Waals surface area contributed by atoms with Crippen LogP contribution in [0.3, 0.4) is 0 Å². The van der Waals surface area contributed by atoms with Crippen molar-refractivity contribution >= 4 is 17.5 Å². The summed E-state index contributed by atoms with van der Waals surface area (Å²) in [5.74, 6) is 0.892. The van der Waals surface area contributed by atoms with E-state index in [0.717, 1.165) is 17.1 Å². The Morgan fingerprint density at radius 3 is 3.00 bits per heavy atom. The fourth-order valence-corrected chi connectivity index (χ4v) is 2.90. The average molecular weight is 343 g/mol. The maximum absolute atomic E-state index is 12.3. The lowest BCUT2D eigenvalue weighted by molar-refractivity contribution is -0.126. The molecule has 1 saturated heterocycles. The van der Waals surface area contributed by atoms with E-state index in [1.54, 1.807) is 18.1 Å². The fraction of sp³-hybridized carbons (Fsp3) is 0.389. The highest BCUT2D eigenvalue weighted by molar-refractivity contribution is 6.00. The van der Waals surface area contributed by atoms with Crippen LogP contribution in [0, 0.1) is 12.8 Å². The summed E-state index contributed by atoms with van der Waals surface area (Å²) in [6.07, 6.45) is 0.789. The third kappa shape index (κ3) is 3.99. The maximum atomic E-state index is 12.3. The Morgan fingerprint density at radius 2 is 2.28 bits per heavy atom. The van der Waals surface area contributed by atoms with Crippen LogP contribution < -0.4 is 15.0 Å². The van der Waals surface area contributed by atoms with Crippen molar-refractivity contribution in [2.24, 2.45) is 5.92 Å². The number of hydrogen-bond donors (Lipinski definition) is 1. The first-order chi connectivity index (χ1) is 12.1. The van der Waals surface area contributed by atoms with E-state index in [4.69, 9.17) is 9.26 Å². The molecule has 0 radical (unpaired) electrons. The van der Waals surface area contributed by atoms with Crippen LogP contribution in [-0.2, 0) is 16.0 Å². The first kappa shape index (κ1) is 17.0. The Kier molecular flexibility index (Phi) is 5.02. The van der Waals surface area contributed by atoms with Gasteiger partial charge in [-0.1, -0.05) is 11.2 Å². The fourth-order valence-electron chi connectivity index (χ4n) is 2.90. The Hall–Kier alpha value is -2.83. The van der Waals surface area contributed by atoms with Crippen LogP contribution in [0.25, 0.3) is 0 Å². The number of methoxy groups -OCH3 is 1. The van der Waals surface area contributed by atoms with Gasteiger partial charge in [-0.05, 0) is 19.1 Å². The predicted molar refractivity (Wildman–Crippen MR) is 91.4 cm³/mol. The molecule has 1 aliphatic rings. The van der Waals surface area contributed by atoms with Crippen molar-refractivity contribution < 1.29 is 18.8 Å². The van der Waals surface area contributed by atoms with E-state index in [-0.39, 0.29) is 24.2 Å². The lowest BCUT2D eigenvalue weighted by atomic mass is 10.1. The molecule has 1 N–H and O–H groups in total. The van der Waals surface area contributed by atoms with E-state index < -0.39 is 0 Å². The van der Waals surface area contributed by atoms with Gasteiger partial charge in [-0.15, -0.1) is 0 Å². The Morgan fingerprint density at radius 1 is 1.44 bits per heavy atom. The van der Waals surface area contributed by atoms with E-state index in [1.807, 2.05) is 31.2 Å². The van der Waals surface area contributed by atoms with Crippen LogP contribution in [0.5, 0.6) is 5.75 Å². The SMILES string of the molecule is COc1cccc(N2CC(C(=O)NCCc3cc(C)no3)CC2=O)c1. The molecule has 25 heavy (non-hydrogen) atoms. The monoisotopic (exact) mass is 343 g/mol. The van der Waals surface area contributed by atoms with Gasteiger partial charge in [0.15, 0.2) is 0 Å². The minimum absolute atomic E-state index is 0.0562. The highest BCUT2D eigenvalue weighted by Crippen LogP contribution is 2.27. The van der Waals surface area contributed by atoms with Crippen molar-refractivity contribution in [3.8, 4) is 5.75 Å². The zero-order valence-electron chi connectivity index (χ0n) is 14.3. The number of ether oxygens (including phenoxy) is 1. The van der Waals surface area contributed by atoms with Gasteiger partial charge in [0.2, 0.25) is 11.8 Å². The van der Waals surface area contributed by atoms with Crippen molar-refractivity contribution in [1.29, 1.82) is 0 Å². The van der Waals surface area contributed by atoms with E-state index in [1.165, 1.54) is 0 Å². The normalized spacial score (nSPS) is 17.0. The molecule has 1 atom stereocenters. The number of amides is 2. The summed E-state index contributed by atoms with van der Waals surface area (Å²) < 4.78 is 10.3. The number of hydrogen-bond acceptors (Lipinski definition) is 5. The second-order valence-electron chi connectivity index (χ2n) is 6.08. The van der Waals surface area contributed by atoms with Gasteiger partial charge in [0.05, 0.1) is 18.7 Å². The second kappa shape index (κ2) is 7.38. The van der Waals surface area contributed by atoms with Crippen molar-refractivity contribution in [3.63, 3.8) is 0 Å². The summed E-state index contributed by atoms with van der Waals surface area (Å²) in [7, 11) is 1.58. The van der Waals surface area contributed by atoms with Crippen LogP contribution in [-0.4, -0.2) is 37.2 Å². The molecule has 2 heterocycles. The molecular formula is C18H21N3O4. The molecule has 7 heteroatoms. The van der Waals surface area contributed by atoms with Crippen LogP contribution in [0.4, 0.5) is 5.69 Å². The zero-order chi connectivity index (χ0) is 17.8. The van der Waals surface area contributed by atoms with Crippen molar-refractivity contribution in [1.82, 2.24) is 10.5 Å². The number of anilines is 1. The van der Waals surface area contributed by atoms with Crippen LogP contribution in [0.15, 0.2) is 34.9 Å². The van der Waals surface area contributed by atoms with Crippen molar-refractivity contribution in [2.75, 3.05) is 25.1 Å². The van der Waals surface area contributed by atoms with Gasteiger partial charge in [-0.25, -0.2) is 0 Å². The van der Waals surface area contributed by atoms with Crippen molar-refractivity contribution in [3.05, 3.63) is 41.8 Å². The summed E-state index contributed by atoms with van der Waals surface area (Å²) in [6, 6.07) is 9.13. The molecule has 1 aromatic carbocycles. The molecule has 1 unspecified atom stereocenters. The van der Waals surface area contributed by atoms with Crippen LogP contribution in [0.2, 0.25) is 0 Å². The standard InChI is InChI=1S/C18H21N3O4/c1-12-8-16(25-20-12)6-7-19-18(23)13-9-17(22)21(11-13)14-4-3-5-15(10-14)24-2/h3-5,8,10,13H,6-7,9,11H2,1-2H3,(H,19,23). The highest BCUT2D eigenvalue weighted by Gasteiger charge is 2.35. The lowest BCUT2D eigenvalue weighted by Gasteiger charge is -2.17. The smallest absolute Gasteiger partial charge is 0.227 e. The zero-order valence-corrected chi connectivity index (χ0v) is 14.3. The minimum atomic E-state index is -0.352. The van der Waals surface area contributed by atoms with Gasteiger partial charge >= 0.3 is 0 Å². The van der Waals surface area contributed by atoms with Crippen molar-refractivity contribution in [2.45, 2.75) is 19.8 Å². The number of rotatable bonds is 6. The molecule has 2 amide bonds. The third-order valence-electron chi connectivity index (χ3n) is 4.21. The largest absolute Gasteiger partial charge is 0.497 e. The van der Waals surface area contributed by atoms with Crippen LogP contribution >= 0.6 is 0 Å². The molecule has 3 rings (SSSR count). The molecule has 0 spiro atoms.